The molecule has 58 valence electrons. The fourth-order valence-corrected chi connectivity index (χ4v) is 1.61. The van der Waals surface area contributed by atoms with Crippen LogP contribution in [-0.2, 0) is 9.53 Å². The van der Waals surface area contributed by atoms with Crippen molar-refractivity contribution in [2.24, 2.45) is 5.92 Å². The van der Waals surface area contributed by atoms with Gasteiger partial charge >= 0.3 is 5.97 Å². The average Bonchev–Trinajstić information content (AvgIpc) is 2.17. The van der Waals surface area contributed by atoms with E-state index in [0.717, 1.165) is 0 Å². The van der Waals surface area contributed by atoms with Crippen molar-refractivity contribution in [2.45, 2.75) is 19.1 Å². The monoisotopic (exact) mass is 256 g/mol. The Morgan fingerprint density at radius 1 is 1.80 bits per heavy atom. The summed E-state index contributed by atoms with van der Waals surface area (Å²) in [4.78, 5) is 10.8. The van der Waals surface area contributed by atoms with Gasteiger partial charge in [0.1, 0.15) is 12.2 Å². The Morgan fingerprint density at radius 2 is 2.40 bits per heavy atom. The highest BCUT2D eigenvalue weighted by Gasteiger charge is 2.39. The molecule has 1 saturated heterocycles. The summed E-state index contributed by atoms with van der Waals surface area (Å²) in [6, 6.07) is 0. The summed E-state index contributed by atoms with van der Waals surface area (Å²) in [6.07, 6.45) is -0.896. The van der Waals surface area contributed by atoms with Crippen molar-refractivity contribution in [1.82, 2.24) is 0 Å². The van der Waals surface area contributed by atoms with Crippen LogP contribution in [-0.4, -0.2) is 27.7 Å². The zero-order chi connectivity index (χ0) is 7.72. The van der Waals surface area contributed by atoms with E-state index in [9.17, 15) is 9.90 Å². The van der Waals surface area contributed by atoms with E-state index in [1.807, 2.05) is 0 Å². The summed E-state index contributed by atoms with van der Waals surface area (Å²) in [7, 11) is 0. The molecule has 4 heteroatoms. The minimum Gasteiger partial charge on any atom is -0.458 e. The fourth-order valence-electron chi connectivity index (χ4n) is 0.910. The molecule has 0 aromatic carbocycles. The standard InChI is InChI=1S/C6H9IO3/c1-3-5(8)4(2-7)10-6(3)9/h3-5,8H,2H2,1H3/t3-,4-,5-/m1/s1. The predicted octanol–water partition coefficient (Wildman–Crippen LogP) is 0.344. The van der Waals surface area contributed by atoms with E-state index in [1.54, 1.807) is 6.92 Å². The number of hydrogen-bond donors (Lipinski definition) is 1. The number of esters is 1. The maximum atomic E-state index is 10.8. The molecule has 0 aromatic rings. The van der Waals surface area contributed by atoms with Crippen LogP contribution in [0.4, 0.5) is 0 Å². The van der Waals surface area contributed by atoms with Crippen molar-refractivity contribution in [3.63, 3.8) is 0 Å². The van der Waals surface area contributed by atoms with Gasteiger partial charge in [-0.3, -0.25) is 4.79 Å². The molecule has 1 rings (SSSR count). The second-order valence-corrected chi connectivity index (χ2v) is 3.29. The quantitative estimate of drug-likeness (QED) is 0.418. The normalized spacial score (nSPS) is 39.9. The molecule has 1 aliphatic rings. The molecule has 1 aliphatic heterocycles. The molecule has 0 amide bonds. The van der Waals surface area contributed by atoms with Crippen LogP contribution in [0.15, 0.2) is 0 Å². The van der Waals surface area contributed by atoms with E-state index in [-0.39, 0.29) is 18.0 Å². The minimum absolute atomic E-state index is 0.283. The number of rotatable bonds is 1. The molecule has 1 heterocycles. The second-order valence-electron chi connectivity index (χ2n) is 2.41. The van der Waals surface area contributed by atoms with Gasteiger partial charge in [-0.15, -0.1) is 0 Å². The van der Waals surface area contributed by atoms with Crippen LogP contribution in [0.1, 0.15) is 6.92 Å². The molecule has 3 atom stereocenters. The van der Waals surface area contributed by atoms with E-state index in [4.69, 9.17) is 4.74 Å². The van der Waals surface area contributed by atoms with E-state index in [0.29, 0.717) is 4.43 Å². The van der Waals surface area contributed by atoms with Crippen molar-refractivity contribution in [3.8, 4) is 0 Å². The van der Waals surface area contributed by atoms with Crippen molar-refractivity contribution >= 4 is 28.6 Å². The number of ether oxygens (including phenoxy) is 1. The van der Waals surface area contributed by atoms with Crippen LogP contribution < -0.4 is 0 Å². The maximum Gasteiger partial charge on any atom is 0.311 e. The van der Waals surface area contributed by atoms with E-state index in [1.165, 1.54) is 0 Å². The van der Waals surface area contributed by atoms with Crippen LogP contribution in [0.5, 0.6) is 0 Å². The number of carbonyl (C=O) groups is 1. The molecule has 1 N–H and O–H groups in total. The third-order valence-electron chi connectivity index (χ3n) is 1.68. The lowest BCUT2D eigenvalue weighted by molar-refractivity contribution is -0.143. The number of aliphatic hydroxyl groups excluding tert-OH is 1. The largest absolute Gasteiger partial charge is 0.458 e. The molecular formula is C6H9IO3. The molecule has 0 aliphatic carbocycles. The Kier molecular flexibility index (Phi) is 2.51. The third-order valence-corrected chi connectivity index (χ3v) is 2.55. The first-order chi connectivity index (χ1) is 4.66. The van der Waals surface area contributed by atoms with Crippen LogP contribution in [0, 0.1) is 5.92 Å². The number of alkyl halides is 1. The SMILES string of the molecule is C[C@H]1C(=O)O[C@H](CI)[C@@H]1O. The first kappa shape index (κ1) is 8.26. The van der Waals surface area contributed by atoms with Crippen LogP contribution in [0.3, 0.4) is 0 Å². The van der Waals surface area contributed by atoms with Gasteiger partial charge in [0.15, 0.2) is 0 Å². The fraction of sp³-hybridized carbons (Fsp3) is 0.833. The van der Waals surface area contributed by atoms with Gasteiger partial charge in [-0.25, -0.2) is 0 Å². The Morgan fingerprint density at radius 3 is 2.60 bits per heavy atom. The van der Waals surface area contributed by atoms with Crippen molar-refractivity contribution in [2.75, 3.05) is 4.43 Å². The molecule has 0 spiro atoms. The highest BCUT2D eigenvalue weighted by Crippen LogP contribution is 2.22. The van der Waals surface area contributed by atoms with Gasteiger partial charge in [-0.2, -0.15) is 0 Å². The van der Waals surface area contributed by atoms with Gasteiger partial charge in [0.2, 0.25) is 0 Å². The zero-order valence-electron chi connectivity index (χ0n) is 5.58. The van der Waals surface area contributed by atoms with Crippen molar-refractivity contribution in [3.05, 3.63) is 0 Å². The maximum absolute atomic E-state index is 10.8. The van der Waals surface area contributed by atoms with Gasteiger partial charge in [-0.05, 0) is 6.92 Å². The lowest BCUT2D eigenvalue weighted by atomic mass is 10.1. The third kappa shape index (κ3) is 1.27. The number of carbonyl (C=O) groups excluding carboxylic acids is 1. The number of cyclic esters (lactones) is 1. The smallest absolute Gasteiger partial charge is 0.311 e. The molecule has 1 fully saturated rings. The Balaban J connectivity index is 2.61. The molecule has 0 bridgehead atoms. The molecule has 3 nitrogen and oxygen atoms in total. The highest BCUT2D eigenvalue weighted by molar-refractivity contribution is 14.1. The summed E-state index contributed by atoms with van der Waals surface area (Å²) in [5.74, 6) is -0.631. The van der Waals surface area contributed by atoms with Crippen LogP contribution in [0.25, 0.3) is 0 Å². The number of hydrogen-bond acceptors (Lipinski definition) is 3. The Labute approximate surface area is 72.9 Å². The molecule has 0 saturated carbocycles. The summed E-state index contributed by atoms with van der Waals surface area (Å²) in [5.41, 5.74) is 0. The Bertz CT molecular complexity index is 148. The lowest BCUT2D eigenvalue weighted by Gasteiger charge is -2.09. The summed E-state index contributed by atoms with van der Waals surface area (Å²) in [6.45, 7) is 1.68. The highest BCUT2D eigenvalue weighted by atomic mass is 127. The van der Waals surface area contributed by atoms with E-state index >= 15 is 0 Å². The molecule has 0 aromatic heterocycles. The van der Waals surface area contributed by atoms with Crippen molar-refractivity contribution in [1.29, 1.82) is 0 Å². The first-order valence-electron chi connectivity index (χ1n) is 3.11. The molecule has 10 heavy (non-hydrogen) atoms. The number of aliphatic hydroxyl groups is 1. The van der Waals surface area contributed by atoms with Gasteiger partial charge in [0.05, 0.1) is 5.92 Å². The molecule has 0 unspecified atom stereocenters. The van der Waals surface area contributed by atoms with Crippen LogP contribution >= 0.6 is 22.6 Å². The minimum atomic E-state index is -0.607. The zero-order valence-corrected chi connectivity index (χ0v) is 7.74. The van der Waals surface area contributed by atoms with Gasteiger partial charge in [-0.1, -0.05) is 22.6 Å². The Hall–Kier alpha value is 0.160. The van der Waals surface area contributed by atoms with Crippen LogP contribution in [0.2, 0.25) is 0 Å². The lowest BCUT2D eigenvalue weighted by Crippen LogP contribution is -2.26. The summed E-state index contributed by atoms with van der Waals surface area (Å²) in [5, 5.41) is 9.28. The predicted molar refractivity (Wildman–Crippen MR) is 43.9 cm³/mol. The second kappa shape index (κ2) is 3.04. The molecule has 0 radical (unpaired) electrons. The average molecular weight is 256 g/mol. The van der Waals surface area contributed by atoms with Gasteiger partial charge in [0, 0.05) is 4.43 Å². The van der Waals surface area contributed by atoms with E-state index in [2.05, 4.69) is 22.6 Å². The first-order valence-corrected chi connectivity index (χ1v) is 4.64. The van der Waals surface area contributed by atoms with Gasteiger partial charge in [0.25, 0.3) is 0 Å². The van der Waals surface area contributed by atoms with Crippen molar-refractivity contribution < 1.29 is 14.6 Å². The summed E-state index contributed by atoms with van der Waals surface area (Å²) < 4.78 is 5.50. The summed E-state index contributed by atoms with van der Waals surface area (Å²) >= 11 is 2.09. The molecular weight excluding hydrogens is 247 g/mol. The van der Waals surface area contributed by atoms with E-state index < -0.39 is 6.10 Å². The topological polar surface area (TPSA) is 46.5 Å². The number of halogens is 1. The van der Waals surface area contributed by atoms with Gasteiger partial charge < -0.3 is 9.84 Å².